The monoisotopic (exact) mass is 936 g/mol. The highest BCUT2D eigenvalue weighted by Gasteiger charge is 2.24. The SMILES string of the molecule is CCC/C=C/C=C/C=C/C=C/C=C/CCCCCC(CC(=O)NC(CO)C(O)CCCCCCCCCCCCCCCC)OC(=O)CCCCCCC/C=C/CCCCCCCCCCC. The zero-order valence-corrected chi connectivity index (χ0v) is 44.3. The summed E-state index contributed by atoms with van der Waals surface area (Å²) in [5, 5.41) is 23.9. The van der Waals surface area contributed by atoms with Crippen LogP contribution in [0, 0.1) is 0 Å². The quantitative estimate of drug-likeness (QED) is 0.0244. The number of allylic oxidation sites excluding steroid dienone is 12. The van der Waals surface area contributed by atoms with Gasteiger partial charge in [0.25, 0.3) is 0 Å². The second kappa shape index (κ2) is 54.2. The molecule has 388 valence electrons. The summed E-state index contributed by atoms with van der Waals surface area (Å²) in [6, 6.07) is -0.721. The van der Waals surface area contributed by atoms with Gasteiger partial charge in [0.05, 0.1) is 25.2 Å². The minimum atomic E-state index is -0.804. The number of rotatable bonds is 51. The predicted octanol–water partition coefficient (Wildman–Crippen LogP) is 17.7. The van der Waals surface area contributed by atoms with Crippen LogP contribution >= 0.6 is 0 Å². The van der Waals surface area contributed by atoms with Gasteiger partial charge in [-0.3, -0.25) is 9.59 Å². The predicted molar refractivity (Wildman–Crippen MR) is 291 cm³/mol. The van der Waals surface area contributed by atoms with Crippen molar-refractivity contribution in [2.75, 3.05) is 6.61 Å². The molecule has 3 N–H and O–H groups in total. The van der Waals surface area contributed by atoms with Crippen molar-refractivity contribution >= 4 is 11.9 Å². The summed E-state index contributed by atoms with van der Waals surface area (Å²) in [5.41, 5.74) is 0. The van der Waals surface area contributed by atoms with Crippen LogP contribution in [0.4, 0.5) is 0 Å². The van der Waals surface area contributed by atoms with Crippen LogP contribution in [0.2, 0.25) is 0 Å². The topological polar surface area (TPSA) is 95.9 Å². The van der Waals surface area contributed by atoms with E-state index in [1.54, 1.807) is 0 Å². The fraction of sp³-hybridized carbons (Fsp3) is 0.770. The van der Waals surface area contributed by atoms with Crippen LogP contribution in [-0.2, 0) is 14.3 Å². The number of aliphatic hydroxyl groups excluding tert-OH is 2. The number of carbonyl (C=O) groups excluding carboxylic acids is 2. The Bertz CT molecular complexity index is 1230. The van der Waals surface area contributed by atoms with Crippen molar-refractivity contribution in [2.24, 2.45) is 0 Å². The van der Waals surface area contributed by atoms with Gasteiger partial charge in [-0.15, -0.1) is 0 Å². The largest absolute Gasteiger partial charge is 0.462 e. The van der Waals surface area contributed by atoms with Gasteiger partial charge in [-0.05, 0) is 70.6 Å². The molecule has 0 aliphatic heterocycles. The summed E-state index contributed by atoms with van der Waals surface area (Å²) in [6.07, 6.45) is 69.6. The molecule has 0 saturated heterocycles. The van der Waals surface area contributed by atoms with Gasteiger partial charge in [0.15, 0.2) is 0 Å². The maximum absolute atomic E-state index is 13.3. The summed E-state index contributed by atoms with van der Waals surface area (Å²) in [7, 11) is 0. The normalized spacial score (nSPS) is 13.7. The summed E-state index contributed by atoms with van der Waals surface area (Å²) >= 11 is 0. The van der Waals surface area contributed by atoms with Gasteiger partial charge in [0, 0.05) is 6.42 Å². The maximum atomic E-state index is 13.3. The lowest BCUT2D eigenvalue weighted by molar-refractivity contribution is -0.151. The summed E-state index contributed by atoms with van der Waals surface area (Å²) in [5.74, 6) is -0.521. The molecule has 0 aromatic rings. The van der Waals surface area contributed by atoms with E-state index in [4.69, 9.17) is 4.74 Å². The standard InChI is InChI=1S/C61H109NO5/c1-4-7-10-13-16-19-22-25-28-30-31-33-36-39-42-45-48-51-54-61(66)67-57(52-49-46-43-40-37-34-32-29-26-23-20-17-14-11-8-5-2)55-60(65)62-58(56-63)59(64)53-50-47-44-41-38-35-27-24-21-18-15-12-9-6-3/h11,14,17,20,23,26,29,31-34,37,57-59,63-64H,4-10,12-13,15-16,18-19,21-22,24-25,27-28,30,35-36,38-56H2,1-3H3,(H,62,65)/b14-11+,20-17+,26-23+,32-29+,33-31+,37-34+. The molecule has 0 radical (unpaired) electrons. The summed E-state index contributed by atoms with van der Waals surface area (Å²) in [4.78, 5) is 26.3. The van der Waals surface area contributed by atoms with Crippen molar-refractivity contribution in [2.45, 2.75) is 296 Å². The van der Waals surface area contributed by atoms with Gasteiger partial charge in [-0.25, -0.2) is 0 Å². The first-order valence-electron chi connectivity index (χ1n) is 28.7. The Labute approximate surface area is 415 Å². The molecule has 0 rings (SSSR count). The van der Waals surface area contributed by atoms with Crippen molar-refractivity contribution in [3.8, 4) is 0 Å². The minimum absolute atomic E-state index is 0.0445. The minimum Gasteiger partial charge on any atom is -0.462 e. The number of carbonyl (C=O) groups is 2. The molecule has 3 unspecified atom stereocenters. The number of nitrogens with one attached hydrogen (secondary N) is 1. The molecule has 0 aromatic carbocycles. The van der Waals surface area contributed by atoms with E-state index in [0.29, 0.717) is 19.3 Å². The van der Waals surface area contributed by atoms with Crippen molar-refractivity contribution < 1.29 is 24.5 Å². The van der Waals surface area contributed by atoms with E-state index >= 15 is 0 Å². The zero-order chi connectivity index (χ0) is 48.8. The molecule has 6 heteroatoms. The first-order valence-corrected chi connectivity index (χ1v) is 28.7. The molecule has 0 aliphatic rings. The molecule has 3 atom stereocenters. The van der Waals surface area contributed by atoms with Crippen molar-refractivity contribution in [1.82, 2.24) is 5.32 Å². The Morgan fingerprint density at radius 2 is 0.806 bits per heavy atom. The highest BCUT2D eigenvalue weighted by Crippen LogP contribution is 2.18. The number of hydrogen-bond acceptors (Lipinski definition) is 5. The number of esters is 1. The van der Waals surface area contributed by atoms with Crippen LogP contribution in [0.15, 0.2) is 72.9 Å². The second-order valence-electron chi connectivity index (χ2n) is 19.5. The number of hydrogen-bond donors (Lipinski definition) is 3. The van der Waals surface area contributed by atoms with E-state index in [-0.39, 0.29) is 24.9 Å². The highest BCUT2D eigenvalue weighted by atomic mass is 16.5. The molecule has 67 heavy (non-hydrogen) atoms. The van der Waals surface area contributed by atoms with Crippen LogP contribution in [0.25, 0.3) is 0 Å². The van der Waals surface area contributed by atoms with E-state index < -0.39 is 18.2 Å². The Kier molecular flexibility index (Phi) is 52.1. The second-order valence-corrected chi connectivity index (χ2v) is 19.5. The van der Waals surface area contributed by atoms with Crippen LogP contribution in [0.3, 0.4) is 0 Å². The molecule has 0 aliphatic carbocycles. The fourth-order valence-electron chi connectivity index (χ4n) is 8.52. The van der Waals surface area contributed by atoms with Crippen molar-refractivity contribution in [3.05, 3.63) is 72.9 Å². The van der Waals surface area contributed by atoms with E-state index in [1.807, 2.05) is 36.5 Å². The van der Waals surface area contributed by atoms with E-state index in [9.17, 15) is 19.8 Å². The van der Waals surface area contributed by atoms with Crippen molar-refractivity contribution in [3.63, 3.8) is 0 Å². The molecule has 1 amide bonds. The molecule has 0 heterocycles. The number of amides is 1. The fourth-order valence-corrected chi connectivity index (χ4v) is 8.52. The lowest BCUT2D eigenvalue weighted by atomic mass is 10.0. The first kappa shape index (κ1) is 64.3. The van der Waals surface area contributed by atoms with E-state index in [1.165, 1.54) is 154 Å². The van der Waals surface area contributed by atoms with Gasteiger partial charge in [0.2, 0.25) is 5.91 Å². The number of aliphatic hydroxyl groups is 2. The molecule has 0 spiro atoms. The number of ether oxygens (including phenoxy) is 1. The lowest BCUT2D eigenvalue weighted by Crippen LogP contribution is -2.46. The van der Waals surface area contributed by atoms with Crippen LogP contribution in [0.5, 0.6) is 0 Å². The van der Waals surface area contributed by atoms with Gasteiger partial charge in [0.1, 0.15) is 6.10 Å². The van der Waals surface area contributed by atoms with Crippen LogP contribution in [0.1, 0.15) is 278 Å². The van der Waals surface area contributed by atoms with Crippen molar-refractivity contribution in [1.29, 1.82) is 0 Å². The highest BCUT2D eigenvalue weighted by molar-refractivity contribution is 5.77. The zero-order valence-electron chi connectivity index (χ0n) is 44.3. The Balaban J connectivity index is 4.65. The summed E-state index contributed by atoms with van der Waals surface area (Å²) in [6.45, 7) is 6.40. The molecule has 0 fully saturated rings. The lowest BCUT2D eigenvalue weighted by Gasteiger charge is -2.24. The van der Waals surface area contributed by atoms with Crippen LogP contribution < -0.4 is 5.32 Å². The molecule has 6 nitrogen and oxygen atoms in total. The molecule has 0 saturated carbocycles. The molecular formula is C61H109NO5. The average molecular weight is 937 g/mol. The Hall–Kier alpha value is -2.70. The van der Waals surface area contributed by atoms with Crippen LogP contribution in [-0.4, -0.2) is 46.9 Å². The van der Waals surface area contributed by atoms with Gasteiger partial charge in [-0.1, -0.05) is 267 Å². The number of unbranched alkanes of at least 4 members (excludes halogenated alkanes) is 31. The van der Waals surface area contributed by atoms with E-state index in [0.717, 1.165) is 77.0 Å². The van der Waals surface area contributed by atoms with E-state index in [2.05, 4.69) is 62.5 Å². The Morgan fingerprint density at radius 1 is 0.433 bits per heavy atom. The third-order valence-electron chi connectivity index (χ3n) is 12.9. The smallest absolute Gasteiger partial charge is 0.306 e. The van der Waals surface area contributed by atoms with Gasteiger partial charge >= 0.3 is 5.97 Å². The van der Waals surface area contributed by atoms with Gasteiger partial charge in [-0.2, -0.15) is 0 Å². The third-order valence-corrected chi connectivity index (χ3v) is 12.9. The average Bonchev–Trinajstić information content (AvgIpc) is 3.32. The Morgan fingerprint density at radius 3 is 1.27 bits per heavy atom. The summed E-state index contributed by atoms with van der Waals surface area (Å²) < 4.78 is 5.94. The molecule has 0 aromatic heterocycles. The maximum Gasteiger partial charge on any atom is 0.306 e. The van der Waals surface area contributed by atoms with Gasteiger partial charge < -0.3 is 20.3 Å². The third kappa shape index (κ3) is 49.5. The molecular weight excluding hydrogens is 827 g/mol. The first-order chi connectivity index (χ1) is 33.0. The molecule has 0 bridgehead atoms.